The van der Waals surface area contributed by atoms with Gasteiger partial charge in [-0.25, -0.2) is 0 Å². The molecule has 6 heteroatoms. The Morgan fingerprint density at radius 2 is 1.83 bits per heavy atom. The lowest BCUT2D eigenvalue weighted by molar-refractivity contribution is 0.0949. The molecule has 35 heavy (non-hydrogen) atoms. The first-order chi connectivity index (χ1) is 17.1. The van der Waals surface area contributed by atoms with Crippen molar-refractivity contribution in [3.8, 4) is 0 Å². The maximum atomic E-state index is 12.7. The maximum absolute atomic E-state index is 12.7. The molecule has 0 saturated carbocycles. The van der Waals surface area contributed by atoms with Gasteiger partial charge in [-0.05, 0) is 79.6 Å². The number of pyridine rings is 1. The molecule has 2 aliphatic rings. The minimum absolute atomic E-state index is 0.161. The van der Waals surface area contributed by atoms with Crippen LogP contribution in [-0.2, 0) is 19.5 Å². The molecule has 1 aromatic heterocycles. The van der Waals surface area contributed by atoms with Crippen molar-refractivity contribution in [3.05, 3.63) is 99.0 Å². The molecule has 182 valence electrons. The molecule has 0 aliphatic carbocycles. The van der Waals surface area contributed by atoms with Crippen LogP contribution in [0.15, 0.2) is 65.5 Å². The fourth-order valence-corrected chi connectivity index (χ4v) is 5.40. The number of carbonyl (C=O) groups excluding carboxylic acids is 1. The molecule has 5 rings (SSSR count). The van der Waals surface area contributed by atoms with E-state index in [0.29, 0.717) is 19.0 Å². The van der Waals surface area contributed by atoms with E-state index in [1.165, 1.54) is 16.8 Å². The fraction of sp³-hybridized carbons (Fsp3) is 0.379. The zero-order valence-corrected chi connectivity index (χ0v) is 20.4. The van der Waals surface area contributed by atoms with Crippen LogP contribution < -0.4 is 15.8 Å². The van der Waals surface area contributed by atoms with Crippen LogP contribution in [0.4, 0.5) is 5.69 Å². The third-order valence-electron chi connectivity index (χ3n) is 7.41. The number of nitrogens with zero attached hydrogens (tertiary/aromatic N) is 2. The number of likely N-dealkylation sites (tertiary alicyclic amines) is 1. The van der Waals surface area contributed by atoms with Crippen LogP contribution >= 0.6 is 0 Å². The van der Waals surface area contributed by atoms with Gasteiger partial charge in [-0.3, -0.25) is 14.5 Å². The summed E-state index contributed by atoms with van der Waals surface area (Å²) in [5, 5.41) is 2.91. The Bertz CT molecular complexity index is 1230. The zero-order chi connectivity index (χ0) is 24.2. The molecule has 0 bridgehead atoms. The highest BCUT2D eigenvalue weighted by Crippen LogP contribution is 2.28. The molecule has 3 aromatic rings. The lowest BCUT2D eigenvalue weighted by atomic mass is 9.89. The molecule has 6 nitrogen and oxygen atoms in total. The van der Waals surface area contributed by atoms with Crippen LogP contribution in [0.25, 0.3) is 0 Å². The van der Waals surface area contributed by atoms with E-state index in [9.17, 15) is 9.59 Å². The van der Waals surface area contributed by atoms with E-state index in [1.54, 1.807) is 6.07 Å². The Labute approximate surface area is 207 Å². The summed E-state index contributed by atoms with van der Waals surface area (Å²) in [5.74, 6) is 0.268. The zero-order valence-electron chi connectivity index (χ0n) is 20.4. The molecule has 2 aliphatic heterocycles. The van der Waals surface area contributed by atoms with E-state index in [2.05, 4.69) is 75.7 Å². The second-order valence-corrected chi connectivity index (χ2v) is 9.86. The number of aromatic nitrogens is 1. The summed E-state index contributed by atoms with van der Waals surface area (Å²) >= 11 is 0. The van der Waals surface area contributed by atoms with Crippen molar-refractivity contribution in [2.45, 2.75) is 44.7 Å². The average Bonchev–Trinajstić information content (AvgIpc) is 2.88. The molecular formula is C29H34N4O2. The van der Waals surface area contributed by atoms with Crippen molar-refractivity contribution in [1.82, 2.24) is 15.2 Å². The quantitative estimate of drug-likeness (QED) is 0.570. The highest BCUT2D eigenvalue weighted by Gasteiger charge is 2.21. The third kappa shape index (κ3) is 5.49. The van der Waals surface area contributed by atoms with Gasteiger partial charge in [0.05, 0.1) is 0 Å². The van der Waals surface area contributed by atoms with E-state index in [0.717, 1.165) is 56.6 Å². The lowest BCUT2D eigenvalue weighted by Gasteiger charge is -2.32. The van der Waals surface area contributed by atoms with Crippen LogP contribution in [0.5, 0.6) is 0 Å². The van der Waals surface area contributed by atoms with Crippen LogP contribution in [0, 0.1) is 0 Å². The third-order valence-corrected chi connectivity index (χ3v) is 7.41. The SMILES string of the molecule is CN1CCCc2cc(CNC(=O)c3ccc(CN4CCC(c5ccccc5)CC4)[nH]c3=O)ccc21. The van der Waals surface area contributed by atoms with Crippen LogP contribution in [0.2, 0.25) is 0 Å². The van der Waals surface area contributed by atoms with Gasteiger partial charge < -0.3 is 15.2 Å². The smallest absolute Gasteiger partial charge is 0.261 e. The molecule has 0 spiro atoms. The number of hydrogen-bond donors (Lipinski definition) is 2. The fourth-order valence-electron chi connectivity index (χ4n) is 5.40. The number of piperidine rings is 1. The van der Waals surface area contributed by atoms with E-state index in [1.807, 2.05) is 6.07 Å². The van der Waals surface area contributed by atoms with Crippen molar-refractivity contribution in [2.24, 2.45) is 0 Å². The van der Waals surface area contributed by atoms with Crippen molar-refractivity contribution >= 4 is 11.6 Å². The number of fused-ring (bicyclic) bond motifs is 1. The lowest BCUT2D eigenvalue weighted by Crippen LogP contribution is -2.34. The highest BCUT2D eigenvalue weighted by atomic mass is 16.2. The van der Waals surface area contributed by atoms with Gasteiger partial charge in [0.25, 0.3) is 11.5 Å². The molecule has 1 saturated heterocycles. The second-order valence-electron chi connectivity index (χ2n) is 9.86. The van der Waals surface area contributed by atoms with Gasteiger partial charge in [-0.2, -0.15) is 0 Å². The molecule has 2 aromatic carbocycles. The normalized spacial score (nSPS) is 16.7. The van der Waals surface area contributed by atoms with Gasteiger partial charge >= 0.3 is 0 Å². The molecule has 1 fully saturated rings. The van der Waals surface area contributed by atoms with Crippen LogP contribution in [-0.4, -0.2) is 42.5 Å². The summed E-state index contributed by atoms with van der Waals surface area (Å²) in [6.45, 7) is 4.18. The summed E-state index contributed by atoms with van der Waals surface area (Å²) < 4.78 is 0. The van der Waals surface area contributed by atoms with Gasteiger partial charge in [0.2, 0.25) is 0 Å². The predicted molar refractivity (Wildman–Crippen MR) is 140 cm³/mol. The topological polar surface area (TPSA) is 68.4 Å². The maximum Gasteiger partial charge on any atom is 0.261 e. The van der Waals surface area contributed by atoms with Gasteiger partial charge in [0.1, 0.15) is 5.56 Å². The van der Waals surface area contributed by atoms with Gasteiger partial charge in [-0.1, -0.05) is 42.5 Å². The first-order valence-electron chi connectivity index (χ1n) is 12.7. The molecule has 3 heterocycles. The summed E-state index contributed by atoms with van der Waals surface area (Å²) in [6.07, 6.45) is 4.44. The van der Waals surface area contributed by atoms with Crippen molar-refractivity contribution in [1.29, 1.82) is 0 Å². The van der Waals surface area contributed by atoms with Gasteiger partial charge in [0.15, 0.2) is 0 Å². The molecule has 1 amide bonds. The van der Waals surface area contributed by atoms with Crippen molar-refractivity contribution in [3.63, 3.8) is 0 Å². The van der Waals surface area contributed by atoms with Gasteiger partial charge in [-0.15, -0.1) is 0 Å². The van der Waals surface area contributed by atoms with Crippen molar-refractivity contribution in [2.75, 3.05) is 31.6 Å². The van der Waals surface area contributed by atoms with Crippen LogP contribution in [0.3, 0.4) is 0 Å². The Balaban J connectivity index is 1.15. The average molecular weight is 471 g/mol. The van der Waals surface area contributed by atoms with E-state index in [4.69, 9.17) is 0 Å². The number of amides is 1. The largest absolute Gasteiger partial charge is 0.374 e. The summed E-state index contributed by atoms with van der Waals surface area (Å²) in [5.41, 5.74) is 5.74. The first kappa shape index (κ1) is 23.4. The number of anilines is 1. The minimum atomic E-state index is -0.337. The van der Waals surface area contributed by atoms with Gasteiger partial charge in [0, 0.05) is 38.1 Å². The Morgan fingerprint density at radius 1 is 1.03 bits per heavy atom. The molecule has 0 unspecified atom stereocenters. The predicted octanol–water partition coefficient (Wildman–Crippen LogP) is 4.07. The molecule has 2 N–H and O–H groups in total. The molecular weight excluding hydrogens is 436 g/mol. The Kier molecular flexibility index (Phi) is 7.00. The van der Waals surface area contributed by atoms with E-state index >= 15 is 0 Å². The second kappa shape index (κ2) is 10.5. The first-order valence-corrected chi connectivity index (χ1v) is 12.7. The minimum Gasteiger partial charge on any atom is -0.374 e. The van der Waals surface area contributed by atoms with Crippen LogP contribution in [0.1, 0.15) is 57.9 Å². The number of carbonyl (C=O) groups is 1. The monoisotopic (exact) mass is 470 g/mol. The number of H-pyrrole nitrogens is 1. The molecule has 0 atom stereocenters. The highest BCUT2D eigenvalue weighted by molar-refractivity contribution is 5.93. The van der Waals surface area contributed by atoms with Crippen molar-refractivity contribution < 1.29 is 4.79 Å². The standard InChI is InChI=1S/C29H34N4O2/c1-32-15-5-8-24-18-21(9-12-27(24)32)19-30-28(34)26-11-10-25(31-29(26)35)20-33-16-13-23(14-17-33)22-6-3-2-4-7-22/h2-4,6-7,9-12,18,23H,5,8,13-17,19-20H2,1H3,(H,30,34)(H,31,35). The summed E-state index contributed by atoms with van der Waals surface area (Å²) in [7, 11) is 2.11. The Morgan fingerprint density at radius 3 is 2.60 bits per heavy atom. The number of aryl methyl sites for hydroxylation is 1. The van der Waals surface area contributed by atoms with E-state index in [-0.39, 0.29) is 17.0 Å². The number of benzene rings is 2. The summed E-state index contributed by atoms with van der Waals surface area (Å²) in [4.78, 5) is 32.9. The number of nitrogens with one attached hydrogen (secondary N) is 2. The van der Waals surface area contributed by atoms with E-state index < -0.39 is 0 Å². The number of hydrogen-bond acceptors (Lipinski definition) is 4. The number of aromatic amines is 1. The number of rotatable bonds is 6. The Hall–Kier alpha value is -3.38. The molecule has 0 radical (unpaired) electrons. The summed E-state index contributed by atoms with van der Waals surface area (Å²) in [6, 6.07) is 20.6.